The molecule has 0 bridgehead atoms. The molecule has 23 heavy (non-hydrogen) atoms. The Bertz CT molecular complexity index is 698. The van der Waals surface area contributed by atoms with Gasteiger partial charge in [0, 0.05) is 38.6 Å². The molecule has 7 heteroatoms. The number of fused-ring (bicyclic) bond motifs is 1. The highest BCUT2D eigenvalue weighted by Gasteiger charge is 2.28. The van der Waals surface area contributed by atoms with Crippen LogP contribution in [0.5, 0.6) is 0 Å². The number of nitrogens with one attached hydrogen (secondary N) is 1. The molecule has 0 spiro atoms. The topological polar surface area (TPSA) is 80.1 Å². The van der Waals surface area contributed by atoms with Gasteiger partial charge in [0.2, 0.25) is 11.8 Å². The molecule has 1 aliphatic rings. The fourth-order valence-electron chi connectivity index (χ4n) is 2.69. The van der Waals surface area contributed by atoms with Crippen molar-refractivity contribution in [2.45, 2.75) is 26.6 Å². The molecule has 2 amide bonds. The van der Waals surface area contributed by atoms with Gasteiger partial charge in [-0.05, 0) is 17.7 Å². The highest BCUT2D eigenvalue weighted by molar-refractivity contribution is 5.80. The molecule has 0 saturated carbocycles. The number of carbonyl (C=O) groups is 2. The van der Waals surface area contributed by atoms with Crippen molar-refractivity contribution in [3.05, 3.63) is 48.0 Å². The Morgan fingerprint density at radius 1 is 1.30 bits per heavy atom. The molecule has 0 aromatic carbocycles. The third kappa shape index (κ3) is 3.56. The maximum absolute atomic E-state index is 12.5. The number of rotatable bonds is 3. The van der Waals surface area contributed by atoms with E-state index in [9.17, 15) is 9.59 Å². The lowest BCUT2D eigenvalue weighted by molar-refractivity contribution is -0.132. The molecule has 3 heterocycles. The third-order valence-electron chi connectivity index (χ3n) is 4.00. The predicted molar refractivity (Wildman–Crippen MR) is 82.9 cm³/mol. The number of nitrogens with zero attached hydrogens (tertiary/aromatic N) is 4. The summed E-state index contributed by atoms with van der Waals surface area (Å²) in [6.45, 7) is 3.32. The van der Waals surface area contributed by atoms with Gasteiger partial charge in [-0.15, -0.1) is 0 Å². The zero-order valence-corrected chi connectivity index (χ0v) is 13.0. The number of aromatic nitrogens is 3. The van der Waals surface area contributed by atoms with Gasteiger partial charge in [0.05, 0.1) is 24.7 Å². The van der Waals surface area contributed by atoms with E-state index in [-0.39, 0.29) is 17.7 Å². The van der Waals surface area contributed by atoms with Crippen molar-refractivity contribution >= 4 is 11.8 Å². The van der Waals surface area contributed by atoms with Gasteiger partial charge in [0.25, 0.3) is 0 Å². The van der Waals surface area contributed by atoms with Crippen LogP contribution in [0.1, 0.15) is 18.2 Å². The number of hydrogen-bond donors (Lipinski definition) is 1. The van der Waals surface area contributed by atoms with Crippen LogP contribution in [0.15, 0.2) is 36.8 Å². The summed E-state index contributed by atoms with van der Waals surface area (Å²) in [4.78, 5) is 30.0. The standard InChI is InChI=1S/C16H19N5O2/c1-12(22)20-9-14(10-21-15(11-20)4-6-19-21)16(23)18-8-13-3-2-5-17-7-13/h2-7,14H,8-11H2,1H3,(H,18,23)/t14-/m1/s1. The van der Waals surface area contributed by atoms with Crippen LogP contribution in [0.25, 0.3) is 0 Å². The Morgan fingerprint density at radius 2 is 2.17 bits per heavy atom. The summed E-state index contributed by atoms with van der Waals surface area (Å²) < 4.78 is 1.80. The van der Waals surface area contributed by atoms with E-state index in [1.165, 1.54) is 6.92 Å². The molecule has 0 radical (unpaired) electrons. The largest absolute Gasteiger partial charge is 0.352 e. The number of amides is 2. The average Bonchev–Trinajstić information content (AvgIpc) is 2.90. The van der Waals surface area contributed by atoms with E-state index in [0.29, 0.717) is 26.2 Å². The first-order chi connectivity index (χ1) is 11.1. The molecule has 0 saturated heterocycles. The Morgan fingerprint density at radius 3 is 2.91 bits per heavy atom. The van der Waals surface area contributed by atoms with Gasteiger partial charge in [-0.25, -0.2) is 0 Å². The van der Waals surface area contributed by atoms with E-state index in [1.807, 2.05) is 18.2 Å². The van der Waals surface area contributed by atoms with Crippen LogP contribution in [-0.4, -0.2) is 38.0 Å². The summed E-state index contributed by atoms with van der Waals surface area (Å²) in [6.07, 6.45) is 5.12. The van der Waals surface area contributed by atoms with Crippen LogP contribution in [-0.2, 0) is 29.2 Å². The quantitative estimate of drug-likeness (QED) is 0.898. The summed E-state index contributed by atoms with van der Waals surface area (Å²) in [5.74, 6) is -0.440. The van der Waals surface area contributed by atoms with E-state index < -0.39 is 0 Å². The molecule has 2 aromatic heterocycles. The van der Waals surface area contributed by atoms with E-state index >= 15 is 0 Å². The smallest absolute Gasteiger partial charge is 0.227 e. The first kappa shape index (κ1) is 15.2. The van der Waals surface area contributed by atoms with Crippen molar-refractivity contribution in [1.29, 1.82) is 0 Å². The van der Waals surface area contributed by atoms with E-state index in [1.54, 1.807) is 28.2 Å². The van der Waals surface area contributed by atoms with Crippen molar-refractivity contribution in [2.24, 2.45) is 5.92 Å². The Hall–Kier alpha value is -2.70. The van der Waals surface area contributed by atoms with Gasteiger partial charge in [0.15, 0.2) is 0 Å². The molecule has 1 aliphatic heterocycles. The van der Waals surface area contributed by atoms with Crippen molar-refractivity contribution in [3.8, 4) is 0 Å². The molecule has 0 aliphatic carbocycles. The second-order valence-electron chi connectivity index (χ2n) is 5.68. The summed E-state index contributed by atoms with van der Waals surface area (Å²) >= 11 is 0. The fraction of sp³-hybridized carbons (Fsp3) is 0.375. The Balaban J connectivity index is 1.70. The van der Waals surface area contributed by atoms with E-state index in [2.05, 4.69) is 15.4 Å². The van der Waals surface area contributed by atoms with Crippen molar-refractivity contribution in [2.75, 3.05) is 6.54 Å². The highest BCUT2D eigenvalue weighted by Crippen LogP contribution is 2.16. The molecular formula is C16H19N5O2. The second kappa shape index (κ2) is 6.60. The van der Waals surface area contributed by atoms with E-state index in [4.69, 9.17) is 0 Å². The molecule has 1 N–H and O–H groups in total. The maximum Gasteiger partial charge on any atom is 0.227 e. The summed E-state index contributed by atoms with van der Waals surface area (Å²) in [6, 6.07) is 5.63. The number of carbonyl (C=O) groups excluding carboxylic acids is 2. The van der Waals surface area contributed by atoms with Gasteiger partial charge in [0.1, 0.15) is 0 Å². The van der Waals surface area contributed by atoms with Gasteiger partial charge in [-0.3, -0.25) is 19.3 Å². The zero-order chi connectivity index (χ0) is 16.2. The van der Waals surface area contributed by atoms with Crippen molar-refractivity contribution in [3.63, 3.8) is 0 Å². The minimum atomic E-state index is -0.322. The minimum absolute atomic E-state index is 0.0373. The number of hydrogen-bond acceptors (Lipinski definition) is 4. The van der Waals surface area contributed by atoms with Crippen LogP contribution in [0, 0.1) is 5.92 Å². The molecule has 3 rings (SSSR count). The van der Waals surface area contributed by atoms with Crippen molar-refractivity contribution < 1.29 is 9.59 Å². The van der Waals surface area contributed by atoms with Crippen LogP contribution in [0.2, 0.25) is 0 Å². The van der Waals surface area contributed by atoms with Gasteiger partial charge < -0.3 is 10.2 Å². The van der Waals surface area contributed by atoms with Crippen LogP contribution in [0.4, 0.5) is 0 Å². The zero-order valence-electron chi connectivity index (χ0n) is 13.0. The average molecular weight is 313 g/mol. The van der Waals surface area contributed by atoms with Gasteiger partial charge in [-0.1, -0.05) is 6.07 Å². The van der Waals surface area contributed by atoms with Crippen LogP contribution >= 0.6 is 0 Å². The lowest BCUT2D eigenvalue weighted by Crippen LogP contribution is -2.40. The first-order valence-corrected chi connectivity index (χ1v) is 7.56. The first-order valence-electron chi connectivity index (χ1n) is 7.56. The molecular weight excluding hydrogens is 294 g/mol. The van der Waals surface area contributed by atoms with Gasteiger partial charge in [-0.2, -0.15) is 5.10 Å². The van der Waals surface area contributed by atoms with Crippen molar-refractivity contribution in [1.82, 2.24) is 25.0 Å². The third-order valence-corrected chi connectivity index (χ3v) is 4.00. The molecule has 0 unspecified atom stereocenters. The molecule has 120 valence electrons. The van der Waals surface area contributed by atoms with Crippen LogP contribution < -0.4 is 5.32 Å². The highest BCUT2D eigenvalue weighted by atomic mass is 16.2. The minimum Gasteiger partial charge on any atom is -0.352 e. The molecule has 1 atom stereocenters. The normalized spacial score (nSPS) is 17.3. The fourth-order valence-corrected chi connectivity index (χ4v) is 2.69. The summed E-state index contributed by atoms with van der Waals surface area (Å²) in [5.41, 5.74) is 1.89. The number of pyridine rings is 1. The monoisotopic (exact) mass is 313 g/mol. The summed E-state index contributed by atoms with van der Waals surface area (Å²) in [5, 5.41) is 7.17. The molecule has 0 fully saturated rings. The lowest BCUT2D eigenvalue weighted by Gasteiger charge is -2.22. The molecule has 2 aromatic rings. The maximum atomic E-state index is 12.5. The second-order valence-corrected chi connectivity index (χ2v) is 5.68. The Kier molecular flexibility index (Phi) is 4.36. The molecule has 7 nitrogen and oxygen atoms in total. The summed E-state index contributed by atoms with van der Waals surface area (Å²) in [7, 11) is 0. The Labute approximate surface area is 134 Å². The van der Waals surface area contributed by atoms with Crippen LogP contribution in [0.3, 0.4) is 0 Å². The van der Waals surface area contributed by atoms with Gasteiger partial charge >= 0.3 is 0 Å². The SMILES string of the molecule is CC(=O)N1Cc2ccnn2C[C@H](C(=O)NCc2cccnc2)C1. The van der Waals surface area contributed by atoms with E-state index in [0.717, 1.165) is 11.3 Å². The lowest BCUT2D eigenvalue weighted by atomic mass is 10.1. The predicted octanol–water partition coefficient (Wildman–Crippen LogP) is 0.573.